The zero-order chi connectivity index (χ0) is 9.40. The Morgan fingerprint density at radius 3 is 2.42 bits per heavy atom. The molecule has 0 spiro atoms. The summed E-state index contributed by atoms with van der Waals surface area (Å²) < 4.78 is 0. The van der Waals surface area contributed by atoms with Gasteiger partial charge in [0.15, 0.2) is 0 Å². The average Bonchev–Trinajstić information content (AvgIpc) is 2.03. The van der Waals surface area contributed by atoms with Crippen LogP contribution in [0.1, 0.15) is 45.4 Å². The second kappa shape index (κ2) is 7.10. The minimum atomic E-state index is -0.884. The summed E-state index contributed by atoms with van der Waals surface area (Å²) in [5.74, 6) is -0.884. The highest BCUT2D eigenvalue weighted by atomic mass is 16.4. The zero-order valence-corrected chi connectivity index (χ0v) is 7.75. The van der Waals surface area contributed by atoms with Crippen LogP contribution in [0.4, 0.5) is 0 Å². The number of nitrogens with two attached hydrogens (primary N) is 1. The van der Waals surface area contributed by atoms with E-state index < -0.39 is 12.0 Å². The molecule has 0 bridgehead atoms. The Morgan fingerprint density at radius 2 is 1.92 bits per heavy atom. The topological polar surface area (TPSA) is 63.3 Å². The molecule has 0 aromatic carbocycles. The Bertz CT molecular complexity index is 126. The largest absolute Gasteiger partial charge is 0.480 e. The van der Waals surface area contributed by atoms with E-state index in [4.69, 9.17) is 10.8 Å². The molecule has 0 radical (unpaired) electrons. The minimum Gasteiger partial charge on any atom is -0.480 e. The highest BCUT2D eigenvalue weighted by Gasteiger charge is 2.09. The van der Waals surface area contributed by atoms with Crippen LogP contribution in [0.5, 0.6) is 0 Å². The van der Waals surface area contributed by atoms with Crippen molar-refractivity contribution < 1.29 is 9.90 Å². The summed E-state index contributed by atoms with van der Waals surface area (Å²) in [6.45, 7) is 2.16. The van der Waals surface area contributed by atoms with Gasteiger partial charge in [-0.2, -0.15) is 0 Å². The lowest BCUT2D eigenvalue weighted by Crippen LogP contribution is -2.29. The first-order valence-corrected chi connectivity index (χ1v) is 4.67. The standard InChI is InChI=1S/C9H19NO2/c1-2-3-4-5-6-7-8(10)9(11)12/h8H,2-7,10H2,1H3,(H,11,12). The zero-order valence-electron chi connectivity index (χ0n) is 7.75. The molecule has 0 saturated heterocycles. The molecule has 0 aliphatic heterocycles. The molecule has 72 valence electrons. The summed E-state index contributed by atoms with van der Waals surface area (Å²) in [6.07, 6.45) is 6.30. The average molecular weight is 173 g/mol. The van der Waals surface area contributed by atoms with Gasteiger partial charge in [-0.05, 0) is 6.42 Å². The number of hydrogen-bond donors (Lipinski definition) is 2. The van der Waals surface area contributed by atoms with Crippen molar-refractivity contribution in [2.45, 2.75) is 51.5 Å². The van der Waals surface area contributed by atoms with Crippen molar-refractivity contribution in [3.63, 3.8) is 0 Å². The molecular weight excluding hydrogens is 154 g/mol. The van der Waals surface area contributed by atoms with E-state index in [1.807, 2.05) is 0 Å². The van der Waals surface area contributed by atoms with E-state index in [9.17, 15) is 4.79 Å². The van der Waals surface area contributed by atoms with Crippen LogP contribution in [0.3, 0.4) is 0 Å². The molecule has 0 saturated carbocycles. The van der Waals surface area contributed by atoms with Crippen LogP contribution in [0, 0.1) is 0 Å². The van der Waals surface area contributed by atoms with E-state index in [0.717, 1.165) is 12.8 Å². The third kappa shape index (κ3) is 6.16. The number of carboxylic acids is 1. The van der Waals surface area contributed by atoms with E-state index in [1.165, 1.54) is 19.3 Å². The second-order valence-electron chi connectivity index (χ2n) is 3.15. The third-order valence-corrected chi connectivity index (χ3v) is 1.94. The Balaban J connectivity index is 3.14. The van der Waals surface area contributed by atoms with E-state index >= 15 is 0 Å². The fourth-order valence-corrected chi connectivity index (χ4v) is 1.09. The molecule has 1 unspecified atom stereocenters. The van der Waals surface area contributed by atoms with Gasteiger partial charge in [0.2, 0.25) is 0 Å². The molecule has 1 atom stereocenters. The molecule has 3 nitrogen and oxygen atoms in total. The number of hydrogen-bond acceptors (Lipinski definition) is 2. The van der Waals surface area contributed by atoms with Gasteiger partial charge in [-0.15, -0.1) is 0 Å². The molecule has 0 aromatic heterocycles. The fraction of sp³-hybridized carbons (Fsp3) is 0.889. The van der Waals surface area contributed by atoms with Gasteiger partial charge in [-0.1, -0.05) is 39.0 Å². The van der Waals surface area contributed by atoms with Crippen LogP contribution in [0.15, 0.2) is 0 Å². The minimum absolute atomic E-state index is 0.610. The molecule has 0 aliphatic rings. The molecule has 0 heterocycles. The number of aliphatic carboxylic acids is 1. The van der Waals surface area contributed by atoms with Gasteiger partial charge in [0.25, 0.3) is 0 Å². The number of unbranched alkanes of at least 4 members (excludes halogenated alkanes) is 4. The normalized spacial score (nSPS) is 12.8. The Labute approximate surface area is 74.0 Å². The molecule has 0 aliphatic carbocycles. The van der Waals surface area contributed by atoms with Crippen molar-refractivity contribution in [2.75, 3.05) is 0 Å². The van der Waals surface area contributed by atoms with Crippen LogP contribution < -0.4 is 5.73 Å². The molecule has 0 rings (SSSR count). The van der Waals surface area contributed by atoms with E-state index in [2.05, 4.69) is 6.92 Å². The Morgan fingerprint density at radius 1 is 1.33 bits per heavy atom. The predicted molar refractivity (Wildman–Crippen MR) is 49.0 cm³/mol. The predicted octanol–water partition coefficient (Wildman–Crippen LogP) is 1.76. The van der Waals surface area contributed by atoms with Gasteiger partial charge in [0.05, 0.1) is 0 Å². The molecule has 12 heavy (non-hydrogen) atoms. The molecule has 0 amide bonds. The lowest BCUT2D eigenvalue weighted by atomic mass is 10.1. The van der Waals surface area contributed by atoms with Crippen molar-refractivity contribution in [1.82, 2.24) is 0 Å². The highest BCUT2D eigenvalue weighted by Crippen LogP contribution is 2.06. The van der Waals surface area contributed by atoms with Gasteiger partial charge in [0.1, 0.15) is 6.04 Å². The smallest absolute Gasteiger partial charge is 0.320 e. The Kier molecular flexibility index (Phi) is 6.76. The van der Waals surface area contributed by atoms with E-state index in [1.54, 1.807) is 0 Å². The van der Waals surface area contributed by atoms with Crippen LogP contribution in [-0.4, -0.2) is 17.1 Å². The molecule has 0 fully saturated rings. The summed E-state index contributed by atoms with van der Waals surface area (Å²) in [5, 5.41) is 8.46. The highest BCUT2D eigenvalue weighted by molar-refractivity contribution is 5.72. The summed E-state index contributed by atoms with van der Waals surface area (Å²) in [4.78, 5) is 10.3. The molecule has 3 N–H and O–H groups in total. The van der Waals surface area contributed by atoms with Gasteiger partial charge >= 0.3 is 5.97 Å². The lowest BCUT2D eigenvalue weighted by Gasteiger charge is -2.04. The summed E-state index contributed by atoms with van der Waals surface area (Å²) in [7, 11) is 0. The van der Waals surface area contributed by atoms with Crippen LogP contribution in [-0.2, 0) is 4.79 Å². The number of rotatable bonds is 7. The molecular formula is C9H19NO2. The number of carbonyl (C=O) groups is 1. The first-order valence-electron chi connectivity index (χ1n) is 4.67. The summed E-state index contributed by atoms with van der Waals surface area (Å²) in [5.41, 5.74) is 5.33. The summed E-state index contributed by atoms with van der Waals surface area (Å²) >= 11 is 0. The van der Waals surface area contributed by atoms with Crippen LogP contribution in [0.2, 0.25) is 0 Å². The van der Waals surface area contributed by atoms with Gasteiger partial charge < -0.3 is 10.8 Å². The van der Waals surface area contributed by atoms with Crippen LogP contribution >= 0.6 is 0 Å². The van der Waals surface area contributed by atoms with E-state index in [0.29, 0.717) is 6.42 Å². The van der Waals surface area contributed by atoms with E-state index in [-0.39, 0.29) is 0 Å². The second-order valence-corrected chi connectivity index (χ2v) is 3.15. The van der Waals surface area contributed by atoms with Crippen molar-refractivity contribution in [1.29, 1.82) is 0 Å². The van der Waals surface area contributed by atoms with Crippen molar-refractivity contribution in [2.24, 2.45) is 5.73 Å². The Hall–Kier alpha value is -0.570. The number of carboxylic acid groups (broad SMARTS) is 1. The fourth-order valence-electron chi connectivity index (χ4n) is 1.09. The maximum atomic E-state index is 10.3. The lowest BCUT2D eigenvalue weighted by molar-refractivity contribution is -0.138. The van der Waals surface area contributed by atoms with Gasteiger partial charge in [-0.25, -0.2) is 0 Å². The monoisotopic (exact) mass is 173 g/mol. The van der Waals surface area contributed by atoms with Crippen LogP contribution in [0.25, 0.3) is 0 Å². The molecule has 3 heteroatoms. The summed E-state index contributed by atoms with van der Waals surface area (Å²) in [6, 6.07) is -0.661. The van der Waals surface area contributed by atoms with Gasteiger partial charge in [-0.3, -0.25) is 4.79 Å². The first kappa shape index (κ1) is 11.4. The maximum Gasteiger partial charge on any atom is 0.320 e. The van der Waals surface area contributed by atoms with Crippen molar-refractivity contribution in [3.05, 3.63) is 0 Å². The molecule has 0 aromatic rings. The van der Waals surface area contributed by atoms with Crippen molar-refractivity contribution in [3.8, 4) is 0 Å². The van der Waals surface area contributed by atoms with Crippen molar-refractivity contribution >= 4 is 5.97 Å². The maximum absolute atomic E-state index is 10.3. The SMILES string of the molecule is CCCCCCCC(N)C(=O)O. The first-order chi connectivity index (χ1) is 5.68. The third-order valence-electron chi connectivity index (χ3n) is 1.94. The quantitative estimate of drug-likeness (QED) is 0.576. The van der Waals surface area contributed by atoms with Gasteiger partial charge in [0, 0.05) is 0 Å².